The van der Waals surface area contributed by atoms with Gasteiger partial charge in [0.05, 0.1) is 16.8 Å². The third-order valence-corrected chi connectivity index (χ3v) is 3.85. The van der Waals surface area contributed by atoms with Crippen LogP contribution in [-0.2, 0) is 11.9 Å². The average Bonchev–Trinajstić information content (AvgIpc) is 2.82. The number of aryl methyl sites for hydroxylation is 1. The molecule has 0 aliphatic rings. The fraction of sp³-hybridized carbons (Fsp3) is 0.500. The van der Waals surface area contributed by atoms with Crippen LogP contribution in [0.25, 0.3) is 5.69 Å². The van der Waals surface area contributed by atoms with Crippen molar-refractivity contribution in [3.05, 3.63) is 33.2 Å². The number of halogens is 2. The quantitative estimate of drug-likeness (QED) is 0.712. The Morgan fingerprint density at radius 1 is 1.36 bits per heavy atom. The van der Waals surface area contributed by atoms with Gasteiger partial charge in [-0.3, -0.25) is 0 Å². The van der Waals surface area contributed by atoms with Gasteiger partial charge in [-0.15, -0.1) is 0 Å². The number of hydrogen-bond donors (Lipinski definition) is 0. The minimum atomic E-state index is -0.314. The Morgan fingerprint density at radius 3 is 2.68 bits per heavy atom. The lowest BCUT2D eigenvalue weighted by Crippen LogP contribution is -2.24. The molecule has 8 heteroatoms. The number of benzene rings is 1. The number of alkyl halides is 1. The number of nitrogens with zero attached hydrogens (tertiary/aromatic N) is 4. The van der Waals surface area contributed by atoms with Gasteiger partial charge in [-0.05, 0) is 36.8 Å². The van der Waals surface area contributed by atoms with Crippen LogP contribution in [0.2, 0.25) is 5.02 Å². The molecule has 1 heterocycles. The van der Waals surface area contributed by atoms with E-state index in [2.05, 4.69) is 26.4 Å². The Morgan fingerprint density at radius 2 is 2.09 bits per heavy atom. The molecule has 0 unspecified atom stereocenters. The summed E-state index contributed by atoms with van der Waals surface area (Å²) in [6.45, 7) is 6.37. The predicted octanol–water partition coefficient (Wildman–Crippen LogP) is 3.17. The zero-order valence-corrected chi connectivity index (χ0v) is 15.1. The number of hydrogen-bond acceptors (Lipinski definition) is 4. The fourth-order valence-electron chi connectivity index (χ4n) is 1.99. The minimum absolute atomic E-state index is 0.0133. The molecule has 0 amide bonds. The van der Waals surface area contributed by atoms with Crippen LogP contribution in [0.5, 0.6) is 5.75 Å². The molecule has 2 rings (SSSR count). The van der Waals surface area contributed by atoms with Crippen molar-refractivity contribution in [3.63, 3.8) is 0 Å². The van der Waals surface area contributed by atoms with Crippen molar-refractivity contribution >= 4 is 27.5 Å². The summed E-state index contributed by atoms with van der Waals surface area (Å²) in [6.07, 6.45) is 0.815. The fourth-order valence-corrected chi connectivity index (χ4v) is 2.70. The highest BCUT2D eigenvalue weighted by atomic mass is 79.9. The van der Waals surface area contributed by atoms with Crippen LogP contribution in [0.4, 0.5) is 0 Å². The summed E-state index contributed by atoms with van der Waals surface area (Å²) in [6, 6.07) is 3.50. The summed E-state index contributed by atoms with van der Waals surface area (Å²) in [7, 11) is 0. The summed E-state index contributed by atoms with van der Waals surface area (Å²) < 4.78 is 8.30. The molecule has 0 N–H and O–H groups in total. The van der Waals surface area contributed by atoms with Crippen LogP contribution in [0.15, 0.2) is 16.9 Å². The Hall–Kier alpha value is -1.34. The number of aromatic nitrogens is 4. The molecule has 0 aliphatic carbocycles. The van der Waals surface area contributed by atoms with Crippen LogP contribution in [0.3, 0.4) is 0 Å². The second-order valence-electron chi connectivity index (χ2n) is 5.11. The topological polar surface area (TPSA) is 61.9 Å². The van der Waals surface area contributed by atoms with Gasteiger partial charge in [0.25, 0.3) is 0 Å². The maximum absolute atomic E-state index is 12.3. The Bertz CT molecular complexity index is 711. The van der Waals surface area contributed by atoms with E-state index in [1.54, 1.807) is 12.1 Å². The lowest BCUT2D eigenvalue weighted by atomic mass is 10.2. The molecule has 22 heavy (non-hydrogen) atoms. The minimum Gasteiger partial charge on any atom is -0.491 e. The maximum Gasteiger partial charge on any atom is 0.368 e. The summed E-state index contributed by atoms with van der Waals surface area (Å²) in [5.74, 6) is 0.670. The number of ether oxygens (including phenoxy) is 1. The van der Waals surface area contributed by atoms with Crippen LogP contribution in [-0.4, -0.2) is 25.9 Å². The largest absolute Gasteiger partial charge is 0.491 e. The van der Waals surface area contributed by atoms with Gasteiger partial charge in [-0.2, -0.15) is 9.36 Å². The van der Waals surface area contributed by atoms with E-state index < -0.39 is 0 Å². The van der Waals surface area contributed by atoms with Gasteiger partial charge < -0.3 is 4.74 Å². The van der Waals surface area contributed by atoms with Crippen molar-refractivity contribution in [1.29, 1.82) is 0 Å². The molecule has 6 nitrogen and oxygen atoms in total. The van der Waals surface area contributed by atoms with Crippen molar-refractivity contribution in [2.24, 2.45) is 0 Å². The van der Waals surface area contributed by atoms with Crippen LogP contribution < -0.4 is 10.4 Å². The van der Waals surface area contributed by atoms with Crippen LogP contribution in [0, 0.1) is 0 Å². The first-order valence-corrected chi connectivity index (χ1v) is 8.56. The molecule has 0 spiro atoms. The zero-order chi connectivity index (χ0) is 16.3. The van der Waals surface area contributed by atoms with E-state index in [0.29, 0.717) is 28.3 Å². The molecule has 0 radical (unpaired) electrons. The zero-order valence-electron chi connectivity index (χ0n) is 12.7. The van der Waals surface area contributed by atoms with Crippen molar-refractivity contribution in [1.82, 2.24) is 19.8 Å². The second-order valence-corrected chi connectivity index (χ2v) is 6.08. The first-order chi connectivity index (χ1) is 10.5. The lowest BCUT2D eigenvalue weighted by molar-refractivity contribution is 0.240. The average molecular weight is 390 g/mol. The summed E-state index contributed by atoms with van der Waals surface area (Å²) in [5, 5.41) is 8.80. The van der Waals surface area contributed by atoms with Crippen molar-refractivity contribution in [3.8, 4) is 11.4 Å². The highest BCUT2D eigenvalue weighted by molar-refractivity contribution is 9.08. The Kier molecular flexibility index (Phi) is 5.63. The van der Waals surface area contributed by atoms with Gasteiger partial charge in [0.15, 0.2) is 0 Å². The number of rotatable bonds is 6. The van der Waals surface area contributed by atoms with Gasteiger partial charge in [0, 0.05) is 23.5 Å². The second kappa shape index (κ2) is 7.28. The lowest BCUT2D eigenvalue weighted by Gasteiger charge is -2.15. The van der Waals surface area contributed by atoms with Gasteiger partial charge in [-0.25, -0.2) is 4.79 Å². The SMILES string of the molecule is CCCn1nnn(-c2cc(OC(C)C)c(CBr)cc2Cl)c1=O. The maximum atomic E-state index is 12.3. The van der Waals surface area contributed by atoms with E-state index in [1.807, 2.05) is 20.8 Å². The van der Waals surface area contributed by atoms with Crippen molar-refractivity contribution in [2.75, 3.05) is 0 Å². The number of tetrazole rings is 1. The summed E-state index contributed by atoms with van der Waals surface area (Å²) in [4.78, 5) is 12.3. The molecule has 0 bridgehead atoms. The predicted molar refractivity (Wildman–Crippen MR) is 89.3 cm³/mol. The van der Waals surface area contributed by atoms with Crippen molar-refractivity contribution < 1.29 is 4.74 Å². The van der Waals surface area contributed by atoms with E-state index in [1.165, 1.54) is 9.36 Å². The molecule has 120 valence electrons. The normalized spacial score (nSPS) is 11.2. The molecule has 0 fully saturated rings. The van der Waals surface area contributed by atoms with Crippen LogP contribution in [0.1, 0.15) is 32.8 Å². The molecule has 1 aromatic heterocycles. The van der Waals surface area contributed by atoms with E-state index >= 15 is 0 Å². The first-order valence-electron chi connectivity index (χ1n) is 7.06. The molecule has 0 saturated carbocycles. The first kappa shape index (κ1) is 17.0. The molecular weight excluding hydrogens is 372 g/mol. The summed E-state index contributed by atoms with van der Waals surface area (Å²) in [5.41, 5.74) is 1.07. The summed E-state index contributed by atoms with van der Waals surface area (Å²) >= 11 is 9.71. The van der Waals surface area contributed by atoms with Gasteiger partial charge in [0.1, 0.15) is 5.75 Å². The highest BCUT2D eigenvalue weighted by Crippen LogP contribution is 2.31. The highest BCUT2D eigenvalue weighted by Gasteiger charge is 2.16. The molecule has 0 saturated heterocycles. The van der Waals surface area contributed by atoms with Gasteiger partial charge in [-0.1, -0.05) is 34.5 Å². The molecule has 0 aliphatic heterocycles. The molecular formula is C14H18BrClN4O2. The third kappa shape index (κ3) is 3.52. The standard InChI is InChI=1S/C14H18BrClN4O2/c1-4-5-19-14(21)20(18-17-19)12-7-13(22-9(2)3)10(8-15)6-11(12)16/h6-7,9H,4-5,8H2,1-3H3. The third-order valence-electron chi connectivity index (χ3n) is 2.94. The van der Waals surface area contributed by atoms with E-state index in [9.17, 15) is 4.79 Å². The van der Waals surface area contributed by atoms with Gasteiger partial charge >= 0.3 is 5.69 Å². The molecule has 1 aromatic carbocycles. The Labute approximate surface area is 142 Å². The molecule has 0 atom stereocenters. The van der Waals surface area contributed by atoms with Crippen molar-refractivity contribution in [2.45, 2.75) is 45.2 Å². The van der Waals surface area contributed by atoms with E-state index in [0.717, 1.165) is 12.0 Å². The smallest absolute Gasteiger partial charge is 0.368 e. The van der Waals surface area contributed by atoms with E-state index in [4.69, 9.17) is 16.3 Å². The van der Waals surface area contributed by atoms with Gasteiger partial charge in [0.2, 0.25) is 0 Å². The van der Waals surface area contributed by atoms with Crippen LogP contribution >= 0.6 is 27.5 Å². The Balaban J connectivity index is 2.53. The van der Waals surface area contributed by atoms with E-state index in [-0.39, 0.29) is 11.8 Å². The monoisotopic (exact) mass is 388 g/mol. The molecule has 2 aromatic rings.